The zero-order valence-corrected chi connectivity index (χ0v) is 20.3. The lowest BCUT2D eigenvalue weighted by molar-refractivity contribution is -0.116. The van der Waals surface area contributed by atoms with Gasteiger partial charge in [0.1, 0.15) is 0 Å². The van der Waals surface area contributed by atoms with E-state index in [9.17, 15) is 9.59 Å². The van der Waals surface area contributed by atoms with Crippen molar-refractivity contribution in [3.63, 3.8) is 0 Å². The van der Waals surface area contributed by atoms with Gasteiger partial charge in [-0.3, -0.25) is 9.59 Å². The van der Waals surface area contributed by atoms with Gasteiger partial charge in [-0.1, -0.05) is 42.4 Å². The average molecular weight is 487 g/mol. The van der Waals surface area contributed by atoms with E-state index in [0.717, 1.165) is 18.4 Å². The molecule has 0 aliphatic heterocycles. The van der Waals surface area contributed by atoms with Gasteiger partial charge in [-0.05, 0) is 49.2 Å². The van der Waals surface area contributed by atoms with Crippen LogP contribution in [0, 0.1) is 0 Å². The van der Waals surface area contributed by atoms with E-state index in [1.165, 1.54) is 11.8 Å². The van der Waals surface area contributed by atoms with E-state index in [-0.39, 0.29) is 17.4 Å². The van der Waals surface area contributed by atoms with Crippen molar-refractivity contribution in [2.75, 3.05) is 24.8 Å². The van der Waals surface area contributed by atoms with E-state index >= 15 is 0 Å². The molecule has 0 saturated carbocycles. The van der Waals surface area contributed by atoms with E-state index in [1.54, 1.807) is 31.4 Å². The molecule has 174 valence electrons. The highest BCUT2D eigenvalue weighted by Crippen LogP contribution is 2.29. The van der Waals surface area contributed by atoms with Crippen LogP contribution in [0.5, 0.6) is 0 Å². The fourth-order valence-corrected chi connectivity index (χ4v) is 4.29. The molecule has 1 N–H and O–H groups in total. The van der Waals surface area contributed by atoms with E-state index < -0.39 is 0 Å². The van der Waals surface area contributed by atoms with Crippen LogP contribution in [0.2, 0.25) is 5.02 Å². The smallest absolute Gasteiger partial charge is 0.224 e. The first kappa shape index (κ1) is 25.0. The normalized spacial score (nSPS) is 10.9. The van der Waals surface area contributed by atoms with E-state index in [0.29, 0.717) is 46.8 Å². The van der Waals surface area contributed by atoms with Crippen LogP contribution in [0.15, 0.2) is 53.7 Å². The molecular formula is C24H27ClN4O3S. The minimum absolute atomic E-state index is 0.0304. The molecule has 33 heavy (non-hydrogen) atoms. The van der Waals surface area contributed by atoms with Gasteiger partial charge >= 0.3 is 0 Å². The molecule has 1 amide bonds. The third-order valence-electron chi connectivity index (χ3n) is 4.86. The lowest BCUT2D eigenvalue weighted by Crippen LogP contribution is -2.11. The Labute approximate surface area is 202 Å². The summed E-state index contributed by atoms with van der Waals surface area (Å²) in [5.74, 6) is 0.817. The molecule has 9 heteroatoms. The Morgan fingerprint density at radius 2 is 1.88 bits per heavy atom. The molecule has 0 aliphatic rings. The Kier molecular flexibility index (Phi) is 9.47. The van der Waals surface area contributed by atoms with Gasteiger partial charge in [-0.25, -0.2) is 0 Å². The maximum absolute atomic E-state index is 12.7. The van der Waals surface area contributed by atoms with E-state index in [2.05, 4.69) is 15.5 Å². The SMILES string of the molecule is CCCC(=O)Nc1ccc(C(=O)CSc2nnc(-c3ccccc3Cl)n2CCCOC)cc1. The molecule has 2 aromatic carbocycles. The summed E-state index contributed by atoms with van der Waals surface area (Å²) in [6.45, 7) is 3.20. The lowest BCUT2D eigenvalue weighted by Gasteiger charge is -2.11. The van der Waals surface area contributed by atoms with Crippen molar-refractivity contribution in [1.82, 2.24) is 14.8 Å². The maximum atomic E-state index is 12.7. The third-order valence-corrected chi connectivity index (χ3v) is 6.16. The summed E-state index contributed by atoms with van der Waals surface area (Å²) >= 11 is 7.71. The zero-order chi connectivity index (χ0) is 23.6. The number of carbonyl (C=O) groups excluding carboxylic acids is 2. The summed E-state index contributed by atoms with van der Waals surface area (Å²) in [6.07, 6.45) is 2.03. The summed E-state index contributed by atoms with van der Waals surface area (Å²) in [5.41, 5.74) is 2.05. The molecule has 0 saturated heterocycles. The Morgan fingerprint density at radius 1 is 1.12 bits per heavy atom. The van der Waals surface area contributed by atoms with Gasteiger partial charge in [0.2, 0.25) is 5.91 Å². The number of hydrogen-bond donors (Lipinski definition) is 1. The number of halogens is 1. The fraction of sp³-hybridized carbons (Fsp3) is 0.333. The standard InChI is InChI=1S/C24H27ClN4O3S/c1-3-7-22(31)26-18-12-10-17(11-13-18)21(30)16-33-24-28-27-23(29(24)14-6-15-32-2)19-8-4-5-9-20(19)25/h4-5,8-13H,3,6-7,14-16H2,1-2H3,(H,26,31). The summed E-state index contributed by atoms with van der Waals surface area (Å²) in [5, 5.41) is 12.7. The Morgan fingerprint density at radius 3 is 2.58 bits per heavy atom. The molecule has 0 aliphatic carbocycles. The first-order chi connectivity index (χ1) is 16.0. The van der Waals surface area contributed by atoms with E-state index in [1.807, 2.05) is 35.8 Å². The van der Waals surface area contributed by atoms with Gasteiger partial charge in [-0.15, -0.1) is 10.2 Å². The number of aromatic nitrogens is 3. The second-order valence-corrected chi connectivity index (χ2v) is 8.72. The highest BCUT2D eigenvalue weighted by Gasteiger charge is 2.18. The van der Waals surface area contributed by atoms with Gasteiger partial charge in [-0.2, -0.15) is 0 Å². The molecule has 1 heterocycles. The predicted molar refractivity (Wildman–Crippen MR) is 132 cm³/mol. The van der Waals surface area contributed by atoms with Crippen molar-refractivity contribution in [3.8, 4) is 11.4 Å². The molecule has 7 nitrogen and oxygen atoms in total. The number of amides is 1. The molecule has 0 radical (unpaired) electrons. The largest absolute Gasteiger partial charge is 0.385 e. The van der Waals surface area contributed by atoms with Crippen LogP contribution in [-0.2, 0) is 16.1 Å². The van der Waals surface area contributed by atoms with Gasteiger partial charge < -0.3 is 14.6 Å². The second-order valence-electron chi connectivity index (χ2n) is 7.37. The third kappa shape index (κ3) is 6.90. The van der Waals surface area contributed by atoms with Crippen molar-refractivity contribution in [3.05, 3.63) is 59.1 Å². The highest BCUT2D eigenvalue weighted by molar-refractivity contribution is 7.99. The minimum atomic E-state index is -0.0331. The molecule has 0 unspecified atom stereocenters. The predicted octanol–water partition coefficient (Wildman–Crippen LogP) is 5.35. The summed E-state index contributed by atoms with van der Waals surface area (Å²) in [7, 11) is 1.66. The molecule has 0 bridgehead atoms. The molecule has 3 aromatic rings. The van der Waals surface area contributed by atoms with Crippen LogP contribution in [-0.4, -0.2) is 45.9 Å². The van der Waals surface area contributed by atoms with E-state index in [4.69, 9.17) is 16.3 Å². The van der Waals surface area contributed by atoms with Crippen molar-refractivity contribution in [2.24, 2.45) is 0 Å². The highest BCUT2D eigenvalue weighted by atomic mass is 35.5. The number of carbonyl (C=O) groups is 2. The summed E-state index contributed by atoms with van der Waals surface area (Å²) in [4.78, 5) is 24.5. The van der Waals surface area contributed by atoms with Gasteiger partial charge in [0.25, 0.3) is 0 Å². The van der Waals surface area contributed by atoms with Crippen molar-refractivity contribution < 1.29 is 14.3 Å². The van der Waals surface area contributed by atoms with Crippen LogP contribution in [0.3, 0.4) is 0 Å². The number of Topliss-reactive ketones (excluding diaryl/α,β-unsaturated/α-hetero) is 1. The van der Waals surface area contributed by atoms with Crippen molar-refractivity contribution in [1.29, 1.82) is 0 Å². The number of benzene rings is 2. The summed E-state index contributed by atoms with van der Waals surface area (Å²) in [6, 6.07) is 14.4. The Hall–Kier alpha value is -2.68. The number of hydrogen-bond acceptors (Lipinski definition) is 6. The molecule has 1 aromatic heterocycles. The summed E-state index contributed by atoms with van der Waals surface area (Å²) < 4.78 is 7.16. The van der Waals surface area contributed by atoms with Crippen LogP contribution in [0.4, 0.5) is 5.69 Å². The Balaban J connectivity index is 1.70. The monoisotopic (exact) mass is 486 g/mol. The Bertz CT molecular complexity index is 1090. The number of ether oxygens (including phenoxy) is 1. The van der Waals surface area contributed by atoms with Crippen molar-refractivity contribution in [2.45, 2.75) is 37.9 Å². The fourth-order valence-electron chi connectivity index (χ4n) is 3.21. The van der Waals surface area contributed by atoms with Gasteiger partial charge in [0, 0.05) is 43.5 Å². The maximum Gasteiger partial charge on any atom is 0.224 e. The minimum Gasteiger partial charge on any atom is -0.385 e. The van der Waals surface area contributed by atoms with Gasteiger partial charge in [0.15, 0.2) is 16.8 Å². The van der Waals surface area contributed by atoms with Gasteiger partial charge in [0.05, 0.1) is 10.8 Å². The first-order valence-corrected chi connectivity index (χ1v) is 12.1. The number of nitrogens with zero attached hydrogens (tertiary/aromatic N) is 3. The number of anilines is 1. The number of nitrogens with one attached hydrogen (secondary N) is 1. The topological polar surface area (TPSA) is 86.1 Å². The van der Waals surface area contributed by atoms with Crippen LogP contribution in [0.1, 0.15) is 36.5 Å². The zero-order valence-electron chi connectivity index (χ0n) is 18.7. The molecule has 0 spiro atoms. The quantitative estimate of drug-likeness (QED) is 0.211. The molecule has 0 atom stereocenters. The number of rotatable bonds is 12. The van der Waals surface area contributed by atoms with Crippen LogP contribution < -0.4 is 5.32 Å². The van der Waals surface area contributed by atoms with Crippen LogP contribution >= 0.6 is 23.4 Å². The van der Waals surface area contributed by atoms with Crippen LogP contribution in [0.25, 0.3) is 11.4 Å². The first-order valence-electron chi connectivity index (χ1n) is 10.8. The van der Waals surface area contributed by atoms with Crippen molar-refractivity contribution >= 4 is 40.7 Å². The molecular weight excluding hydrogens is 460 g/mol. The lowest BCUT2D eigenvalue weighted by atomic mass is 10.1. The molecule has 3 rings (SSSR count). The average Bonchev–Trinajstić information content (AvgIpc) is 3.21. The number of methoxy groups -OCH3 is 1. The number of thioether (sulfide) groups is 1. The molecule has 0 fully saturated rings. The number of ketones is 1. The second kappa shape index (κ2) is 12.5.